The second-order valence-corrected chi connectivity index (χ2v) is 6.30. The second-order valence-electron chi connectivity index (χ2n) is 6.30. The van der Waals surface area contributed by atoms with Gasteiger partial charge in [0.2, 0.25) is 5.91 Å². The Morgan fingerprint density at radius 3 is 2.43 bits per heavy atom. The molecular formula is C20H23F3N2O3. The maximum atomic E-state index is 13.1. The van der Waals surface area contributed by atoms with Crippen LogP contribution in [0.1, 0.15) is 18.1 Å². The molecule has 0 spiro atoms. The van der Waals surface area contributed by atoms with Gasteiger partial charge in [-0.05, 0) is 32.2 Å². The van der Waals surface area contributed by atoms with E-state index in [4.69, 9.17) is 9.47 Å². The summed E-state index contributed by atoms with van der Waals surface area (Å²) in [6.07, 6.45) is -4.55. The highest BCUT2D eigenvalue weighted by atomic mass is 19.4. The number of anilines is 1. The lowest BCUT2D eigenvalue weighted by molar-refractivity contribution is -0.137. The average Bonchev–Trinajstić information content (AvgIpc) is 2.67. The number of methoxy groups -OCH3 is 2. The van der Waals surface area contributed by atoms with Gasteiger partial charge in [0.15, 0.2) is 0 Å². The molecule has 28 heavy (non-hydrogen) atoms. The molecule has 0 aliphatic carbocycles. The Bertz CT molecular complexity index is 825. The van der Waals surface area contributed by atoms with Gasteiger partial charge in [-0.2, -0.15) is 13.2 Å². The van der Waals surface area contributed by atoms with Crippen molar-refractivity contribution in [3.63, 3.8) is 0 Å². The van der Waals surface area contributed by atoms with Gasteiger partial charge < -0.3 is 14.8 Å². The van der Waals surface area contributed by atoms with Crippen molar-refractivity contribution in [1.82, 2.24) is 4.90 Å². The molecule has 1 atom stereocenters. The number of amides is 1. The molecule has 5 nitrogen and oxygen atoms in total. The summed E-state index contributed by atoms with van der Waals surface area (Å²) in [6.45, 7) is 1.99. The first-order valence-corrected chi connectivity index (χ1v) is 8.55. The van der Waals surface area contributed by atoms with Crippen LogP contribution in [-0.4, -0.2) is 38.1 Å². The molecule has 8 heteroatoms. The molecule has 0 unspecified atom stereocenters. The number of hydrogen-bond acceptors (Lipinski definition) is 4. The highest BCUT2D eigenvalue weighted by molar-refractivity contribution is 5.95. The van der Waals surface area contributed by atoms with Crippen LogP contribution in [-0.2, 0) is 17.5 Å². The summed E-state index contributed by atoms with van der Waals surface area (Å²) in [6, 6.07) is 9.55. The molecule has 1 N–H and O–H groups in total. The van der Waals surface area contributed by atoms with Crippen molar-refractivity contribution in [3.05, 3.63) is 53.6 Å². The minimum Gasteiger partial charge on any atom is -0.497 e. The van der Waals surface area contributed by atoms with Gasteiger partial charge in [-0.1, -0.05) is 18.2 Å². The first kappa shape index (κ1) is 21.6. The van der Waals surface area contributed by atoms with Crippen LogP contribution >= 0.6 is 0 Å². The van der Waals surface area contributed by atoms with Crippen molar-refractivity contribution < 1.29 is 27.4 Å². The number of ether oxygens (including phenoxy) is 2. The lowest BCUT2D eigenvalue weighted by Crippen LogP contribution is -2.39. The maximum Gasteiger partial charge on any atom is 0.418 e. The lowest BCUT2D eigenvalue weighted by atomic mass is 10.1. The van der Waals surface area contributed by atoms with E-state index in [0.717, 1.165) is 11.6 Å². The van der Waals surface area contributed by atoms with Crippen LogP contribution in [0.15, 0.2) is 42.5 Å². The number of hydrogen-bond donors (Lipinski definition) is 1. The molecule has 0 heterocycles. The summed E-state index contributed by atoms with van der Waals surface area (Å²) < 4.78 is 49.8. The minimum absolute atomic E-state index is 0.262. The number of rotatable bonds is 7. The van der Waals surface area contributed by atoms with E-state index in [-0.39, 0.29) is 5.69 Å². The third-order valence-electron chi connectivity index (χ3n) is 4.44. The normalized spacial score (nSPS) is 12.6. The average molecular weight is 396 g/mol. The van der Waals surface area contributed by atoms with E-state index in [1.807, 2.05) is 6.07 Å². The number of para-hydroxylation sites is 1. The van der Waals surface area contributed by atoms with Gasteiger partial charge >= 0.3 is 6.18 Å². The summed E-state index contributed by atoms with van der Waals surface area (Å²) in [7, 11) is 4.79. The molecule has 2 aromatic rings. The monoisotopic (exact) mass is 396 g/mol. The quantitative estimate of drug-likeness (QED) is 0.763. The fraction of sp³-hybridized carbons (Fsp3) is 0.350. The Balaban J connectivity index is 2.12. The van der Waals surface area contributed by atoms with Gasteiger partial charge in [0, 0.05) is 18.2 Å². The largest absolute Gasteiger partial charge is 0.497 e. The van der Waals surface area contributed by atoms with Crippen LogP contribution in [0.4, 0.5) is 18.9 Å². The van der Waals surface area contributed by atoms with Crippen molar-refractivity contribution >= 4 is 11.6 Å². The minimum atomic E-state index is -4.55. The summed E-state index contributed by atoms with van der Waals surface area (Å²) in [5.74, 6) is 0.700. The van der Waals surface area contributed by atoms with Crippen LogP contribution in [0, 0.1) is 0 Å². The highest BCUT2D eigenvalue weighted by Crippen LogP contribution is 2.34. The lowest BCUT2D eigenvalue weighted by Gasteiger charge is -2.25. The standard InChI is InChI=1S/C20H23F3N2O3/c1-13(19(26)24-17-8-6-5-7-16(17)20(21,22)23)25(2)12-14-9-10-15(27-3)11-18(14)28-4/h5-11,13H,12H2,1-4H3,(H,24,26)/t13-/m1/s1. The second kappa shape index (κ2) is 8.97. The smallest absolute Gasteiger partial charge is 0.418 e. The van der Waals surface area contributed by atoms with E-state index in [1.54, 1.807) is 38.1 Å². The molecule has 0 aromatic heterocycles. The molecule has 0 saturated carbocycles. The SMILES string of the molecule is COc1ccc(CN(C)[C@H](C)C(=O)Nc2ccccc2C(F)(F)F)c(OC)c1. The van der Waals surface area contributed by atoms with E-state index in [1.165, 1.54) is 25.3 Å². The highest BCUT2D eigenvalue weighted by Gasteiger charge is 2.34. The van der Waals surface area contributed by atoms with E-state index in [2.05, 4.69) is 5.32 Å². The summed E-state index contributed by atoms with van der Waals surface area (Å²) in [4.78, 5) is 14.2. The molecule has 0 saturated heterocycles. The molecule has 2 rings (SSSR count). The number of likely N-dealkylation sites (N-methyl/N-ethyl adjacent to an activating group) is 1. The van der Waals surface area contributed by atoms with E-state index >= 15 is 0 Å². The van der Waals surface area contributed by atoms with Crippen molar-refractivity contribution in [2.45, 2.75) is 25.7 Å². The van der Waals surface area contributed by atoms with Crippen LogP contribution in [0.2, 0.25) is 0 Å². The number of alkyl halides is 3. The first-order valence-electron chi connectivity index (χ1n) is 8.55. The Morgan fingerprint density at radius 2 is 1.82 bits per heavy atom. The number of carbonyl (C=O) groups excluding carboxylic acids is 1. The van der Waals surface area contributed by atoms with Crippen molar-refractivity contribution in [2.75, 3.05) is 26.6 Å². The van der Waals surface area contributed by atoms with Gasteiger partial charge in [-0.15, -0.1) is 0 Å². The summed E-state index contributed by atoms with van der Waals surface area (Å²) in [5.41, 5.74) is -0.321. The van der Waals surface area contributed by atoms with Crippen molar-refractivity contribution in [3.8, 4) is 11.5 Å². The zero-order chi connectivity index (χ0) is 20.9. The van der Waals surface area contributed by atoms with Crippen molar-refractivity contribution in [2.24, 2.45) is 0 Å². The Morgan fingerprint density at radius 1 is 1.14 bits per heavy atom. The van der Waals surface area contributed by atoms with Gasteiger partial charge in [-0.25, -0.2) is 0 Å². The van der Waals surface area contributed by atoms with E-state index in [0.29, 0.717) is 18.0 Å². The molecule has 0 radical (unpaired) electrons. The fourth-order valence-corrected chi connectivity index (χ4v) is 2.66. The Kier molecular flexibility index (Phi) is 6.90. The van der Waals surface area contributed by atoms with Gasteiger partial charge in [0.1, 0.15) is 11.5 Å². The maximum absolute atomic E-state index is 13.1. The Hall–Kier alpha value is -2.74. The van der Waals surface area contributed by atoms with Gasteiger partial charge in [0.25, 0.3) is 0 Å². The van der Waals surface area contributed by atoms with E-state index in [9.17, 15) is 18.0 Å². The van der Waals surface area contributed by atoms with Crippen LogP contribution in [0.5, 0.6) is 11.5 Å². The fourth-order valence-electron chi connectivity index (χ4n) is 2.66. The molecule has 0 bridgehead atoms. The molecule has 152 valence electrons. The third-order valence-corrected chi connectivity index (χ3v) is 4.44. The molecule has 0 aliphatic heterocycles. The van der Waals surface area contributed by atoms with Crippen LogP contribution in [0.3, 0.4) is 0 Å². The van der Waals surface area contributed by atoms with Crippen molar-refractivity contribution in [1.29, 1.82) is 0 Å². The van der Waals surface area contributed by atoms with Gasteiger partial charge in [-0.3, -0.25) is 9.69 Å². The summed E-state index contributed by atoms with van der Waals surface area (Å²) >= 11 is 0. The van der Waals surface area contributed by atoms with Crippen LogP contribution in [0.25, 0.3) is 0 Å². The predicted molar refractivity (Wildman–Crippen MR) is 101 cm³/mol. The number of halogens is 3. The first-order chi connectivity index (χ1) is 13.2. The zero-order valence-corrected chi connectivity index (χ0v) is 16.1. The van der Waals surface area contributed by atoms with Gasteiger partial charge in [0.05, 0.1) is 31.5 Å². The topological polar surface area (TPSA) is 50.8 Å². The zero-order valence-electron chi connectivity index (χ0n) is 16.1. The third kappa shape index (κ3) is 5.16. The molecule has 0 fully saturated rings. The Labute approximate surface area is 162 Å². The number of carbonyl (C=O) groups is 1. The molecule has 0 aliphatic rings. The van der Waals surface area contributed by atoms with Crippen LogP contribution < -0.4 is 14.8 Å². The number of benzene rings is 2. The number of nitrogens with one attached hydrogen (secondary N) is 1. The van der Waals surface area contributed by atoms with E-state index < -0.39 is 23.7 Å². The molecule has 2 aromatic carbocycles. The molecular weight excluding hydrogens is 373 g/mol. The molecule has 1 amide bonds. The number of nitrogens with zero attached hydrogens (tertiary/aromatic N) is 1. The summed E-state index contributed by atoms with van der Waals surface area (Å²) in [5, 5.41) is 2.38. The predicted octanol–water partition coefficient (Wildman–Crippen LogP) is 4.18.